The van der Waals surface area contributed by atoms with E-state index in [1.807, 2.05) is 18.2 Å². The Balaban J connectivity index is 2.22. The van der Waals surface area contributed by atoms with E-state index in [2.05, 4.69) is 20.9 Å². The fourth-order valence-corrected chi connectivity index (χ4v) is 2.48. The Bertz CT molecular complexity index is 633. The van der Waals surface area contributed by atoms with E-state index < -0.39 is 5.97 Å². The quantitative estimate of drug-likeness (QED) is 0.825. The van der Waals surface area contributed by atoms with E-state index in [9.17, 15) is 9.59 Å². The number of carbonyl (C=O) groups is 2. The maximum atomic E-state index is 12.2. The van der Waals surface area contributed by atoms with Gasteiger partial charge in [-0.15, -0.1) is 0 Å². The average molecular weight is 324 g/mol. The lowest BCUT2D eigenvalue weighted by Gasteiger charge is -2.06. The third-order valence-electron chi connectivity index (χ3n) is 3.00. The van der Waals surface area contributed by atoms with Crippen molar-refractivity contribution in [1.29, 1.82) is 0 Å². The number of aromatic nitrogens is 1. The third-order valence-corrected chi connectivity index (χ3v) is 3.49. The predicted octanol–water partition coefficient (Wildman–Crippen LogP) is 3.61. The molecule has 2 rings (SSSR count). The van der Waals surface area contributed by atoms with E-state index >= 15 is 0 Å². The highest BCUT2D eigenvalue weighted by Gasteiger charge is 2.17. The lowest BCUT2D eigenvalue weighted by molar-refractivity contribution is -0.137. The smallest absolute Gasteiger partial charge is 0.303 e. The molecule has 1 unspecified atom stereocenters. The zero-order chi connectivity index (χ0) is 14.0. The average Bonchev–Trinajstić information content (AvgIpc) is 2.70. The molecule has 0 aliphatic rings. The molecule has 1 aromatic heterocycles. The van der Waals surface area contributed by atoms with E-state index in [-0.39, 0.29) is 24.5 Å². The van der Waals surface area contributed by atoms with Gasteiger partial charge in [0.1, 0.15) is 0 Å². The second kappa shape index (κ2) is 5.57. The molecule has 100 valence electrons. The van der Waals surface area contributed by atoms with Crippen LogP contribution < -0.4 is 0 Å². The molecule has 4 nitrogen and oxygen atoms in total. The number of rotatable bonds is 5. The second-order valence-electron chi connectivity index (χ2n) is 4.72. The zero-order valence-corrected chi connectivity index (χ0v) is 12.0. The number of hydrogen-bond acceptors (Lipinski definition) is 2. The van der Waals surface area contributed by atoms with E-state index in [1.54, 1.807) is 13.1 Å². The lowest BCUT2D eigenvalue weighted by atomic mass is 9.97. The van der Waals surface area contributed by atoms with Crippen LogP contribution in [0.25, 0.3) is 10.9 Å². The van der Waals surface area contributed by atoms with Crippen LogP contribution in [0.4, 0.5) is 0 Å². The number of nitrogens with one attached hydrogen (secondary N) is 1. The predicted molar refractivity (Wildman–Crippen MR) is 76.4 cm³/mol. The van der Waals surface area contributed by atoms with Crippen LogP contribution in [0.2, 0.25) is 0 Å². The van der Waals surface area contributed by atoms with Crippen molar-refractivity contribution in [2.24, 2.45) is 5.92 Å². The van der Waals surface area contributed by atoms with E-state index in [1.165, 1.54) is 0 Å². The minimum atomic E-state index is -0.873. The number of hydrogen-bond donors (Lipinski definition) is 2. The van der Waals surface area contributed by atoms with Gasteiger partial charge in [-0.05, 0) is 24.1 Å². The first kappa shape index (κ1) is 13.8. The molecular formula is C14H14BrNO3. The minimum absolute atomic E-state index is 0.0117. The van der Waals surface area contributed by atoms with Gasteiger partial charge in [0.05, 0.1) is 0 Å². The van der Waals surface area contributed by atoms with Gasteiger partial charge >= 0.3 is 5.97 Å². The molecule has 1 aromatic carbocycles. The molecule has 0 saturated heterocycles. The van der Waals surface area contributed by atoms with Gasteiger partial charge in [-0.25, -0.2) is 0 Å². The van der Waals surface area contributed by atoms with Gasteiger partial charge in [-0.2, -0.15) is 0 Å². The number of ketones is 1. The highest BCUT2D eigenvalue weighted by atomic mass is 79.9. The molecule has 0 fully saturated rings. The van der Waals surface area contributed by atoms with Gasteiger partial charge < -0.3 is 10.1 Å². The van der Waals surface area contributed by atoms with Crippen molar-refractivity contribution in [3.8, 4) is 0 Å². The maximum Gasteiger partial charge on any atom is 0.303 e. The molecule has 0 aliphatic heterocycles. The number of aromatic amines is 1. The summed E-state index contributed by atoms with van der Waals surface area (Å²) in [5.41, 5.74) is 1.52. The number of Topliss-reactive ketones (excluding diaryl/α,β-unsaturated/α-hetero) is 1. The fraction of sp³-hybridized carbons (Fsp3) is 0.286. The van der Waals surface area contributed by atoms with Crippen LogP contribution in [0.5, 0.6) is 0 Å². The number of carboxylic acid groups (broad SMARTS) is 1. The van der Waals surface area contributed by atoms with Crippen LogP contribution >= 0.6 is 15.9 Å². The van der Waals surface area contributed by atoms with Gasteiger partial charge in [0.25, 0.3) is 0 Å². The van der Waals surface area contributed by atoms with Gasteiger partial charge in [0.15, 0.2) is 5.78 Å². The van der Waals surface area contributed by atoms with Gasteiger partial charge in [0, 0.05) is 40.0 Å². The number of fused-ring (bicyclic) bond motifs is 1. The number of benzene rings is 1. The number of H-pyrrole nitrogens is 1. The summed E-state index contributed by atoms with van der Waals surface area (Å²) in [6.45, 7) is 1.77. The maximum absolute atomic E-state index is 12.2. The summed E-state index contributed by atoms with van der Waals surface area (Å²) in [5.74, 6) is -1.07. The van der Waals surface area contributed by atoms with Crippen LogP contribution in [-0.2, 0) is 4.79 Å². The third kappa shape index (κ3) is 3.23. The normalized spacial score (nSPS) is 12.5. The molecule has 2 N–H and O–H groups in total. The Labute approximate surface area is 118 Å². The highest BCUT2D eigenvalue weighted by Crippen LogP contribution is 2.25. The van der Waals surface area contributed by atoms with Crippen molar-refractivity contribution >= 4 is 38.6 Å². The van der Waals surface area contributed by atoms with Crippen molar-refractivity contribution in [3.63, 3.8) is 0 Å². The number of aliphatic carboxylic acids is 1. The SMILES string of the molecule is CC(CC(=O)O)CC(=O)c1c[nH]c2ccc(Br)cc12. The molecule has 0 bridgehead atoms. The second-order valence-corrected chi connectivity index (χ2v) is 5.64. The minimum Gasteiger partial charge on any atom is -0.481 e. The molecule has 0 saturated carbocycles. The highest BCUT2D eigenvalue weighted by molar-refractivity contribution is 9.10. The molecule has 5 heteroatoms. The van der Waals surface area contributed by atoms with Crippen molar-refractivity contribution in [3.05, 3.63) is 34.4 Å². The van der Waals surface area contributed by atoms with Gasteiger partial charge in [-0.3, -0.25) is 9.59 Å². The Kier molecular flexibility index (Phi) is 4.04. The summed E-state index contributed by atoms with van der Waals surface area (Å²) >= 11 is 3.38. The molecule has 0 aliphatic carbocycles. The first-order valence-electron chi connectivity index (χ1n) is 5.99. The molecule has 1 atom stereocenters. The molecular weight excluding hydrogens is 310 g/mol. The Morgan fingerprint density at radius 2 is 2.11 bits per heavy atom. The van der Waals surface area contributed by atoms with E-state index in [4.69, 9.17) is 5.11 Å². The Hall–Kier alpha value is -1.62. The van der Waals surface area contributed by atoms with Crippen LogP contribution in [0.1, 0.15) is 30.1 Å². The van der Waals surface area contributed by atoms with Crippen molar-refractivity contribution in [2.45, 2.75) is 19.8 Å². The van der Waals surface area contributed by atoms with E-state index in [0.29, 0.717) is 5.56 Å². The van der Waals surface area contributed by atoms with Gasteiger partial charge in [0.2, 0.25) is 0 Å². The van der Waals surface area contributed by atoms with Gasteiger partial charge in [-0.1, -0.05) is 22.9 Å². The topological polar surface area (TPSA) is 70.2 Å². The zero-order valence-electron chi connectivity index (χ0n) is 10.4. The monoisotopic (exact) mass is 323 g/mol. The molecule has 0 radical (unpaired) electrons. The summed E-state index contributed by atoms with van der Waals surface area (Å²) in [4.78, 5) is 25.9. The fourth-order valence-electron chi connectivity index (χ4n) is 2.12. The summed E-state index contributed by atoms with van der Waals surface area (Å²) in [5, 5.41) is 9.57. The molecule has 2 aromatic rings. The van der Waals surface area contributed by atoms with Crippen molar-refractivity contribution < 1.29 is 14.7 Å². The first-order valence-corrected chi connectivity index (χ1v) is 6.78. The van der Waals surface area contributed by atoms with Crippen LogP contribution in [0.3, 0.4) is 0 Å². The number of carboxylic acids is 1. The largest absolute Gasteiger partial charge is 0.481 e. The Morgan fingerprint density at radius 3 is 2.79 bits per heavy atom. The Morgan fingerprint density at radius 1 is 1.37 bits per heavy atom. The summed E-state index contributed by atoms with van der Waals surface area (Å²) in [7, 11) is 0. The van der Waals surface area contributed by atoms with Crippen molar-refractivity contribution in [1.82, 2.24) is 4.98 Å². The molecule has 0 spiro atoms. The van der Waals surface area contributed by atoms with Crippen molar-refractivity contribution in [2.75, 3.05) is 0 Å². The van der Waals surface area contributed by atoms with Crippen LogP contribution in [-0.4, -0.2) is 21.8 Å². The number of halogens is 1. The summed E-state index contributed by atoms with van der Waals surface area (Å²) in [6.07, 6.45) is 1.94. The summed E-state index contributed by atoms with van der Waals surface area (Å²) in [6, 6.07) is 5.69. The molecule has 19 heavy (non-hydrogen) atoms. The number of carbonyl (C=O) groups excluding carboxylic acids is 1. The standard InChI is InChI=1S/C14H14BrNO3/c1-8(5-14(18)19)4-13(17)11-7-16-12-3-2-9(15)6-10(11)12/h2-3,6-8,16H,4-5H2,1H3,(H,18,19). The van der Waals surface area contributed by atoms with Crippen LogP contribution in [0.15, 0.2) is 28.9 Å². The lowest BCUT2D eigenvalue weighted by Crippen LogP contribution is -2.10. The van der Waals surface area contributed by atoms with E-state index in [0.717, 1.165) is 15.4 Å². The molecule has 0 amide bonds. The first-order chi connectivity index (χ1) is 8.97. The summed E-state index contributed by atoms with van der Waals surface area (Å²) < 4.78 is 0.909. The molecule has 1 heterocycles. The van der Waals surface area contributed by atoms with Crippen LogP contribution in [0, 0.1) is 5.92 Å².